The van der Waals surface area contributed by atoms with E-state index in [-0.39, 0.29) is 4.99 Å². The van der Waals surface area contributed by atoms with Crippen LogP contribution in [0.1, 0.15) is 5.56 Å². The Hall–Kier alpha value is -1.18. The van der Waals surface area contributed by atoms with Gasteiger partial charge in [0.2, 0.25) is 0 Å². The first-order chi connectivity index (χ1) is 6.63. The molecule has 0 unspecified atom stereocenters. The van der Waals surface area contributed by atoms with Crippen LogP contribution in [-0.2, 0) is 0 Å². The number of rotatable bonds is 2. The lowest BCUT2D eigenvalue weighted by Crippen LogP contribution is -2.09. The van der Waals surface area contributed by atoms with Gasteiger partial charge in [-0.1, -0.05) is 40.3 Å². The summed E-state index contributed by atoms with van der Waals surface area (Å²) in [6.45, 7) is 0. The van der Waals surface area contributed by atoms with Crippen LogP contribution in [-0.4, -0.2) is 4.99 Å². The van der Waals surface area contributed by atoms with Gasteiger partial charge in [0.1, 0.15) is 11.1 Å². The molecule has 0 heterocycles. The molecular formula is C10H7BrN2S. The van der Waals surface area contributed by atoms with E-state index < -0.39 is 0 Å². The minimum Gasteiger partial charge on any atom is -0.389 e. The highest BCUT2D eigenvalue weighted by atomic mass is 79.9. The summed E-state index contributed by atoms with van der Waals surface area (Å²) in [6, 6.07) is 9.48. The maximum absolute atomic E-state index is 8.72. The first-order valence-electron chi connectivity index (χ1n) is 3.80. The molecule has 2 N–H and O–H groups in total. The van der Waals surface area contributed by atoms with Gasteiger partial charge in [-0.15, -0.1) is 0 Å². The lowest BCUT2D eigenvalue weighted by Gasteiger charge is -1.96. The Morgan fingerprint density at radius 1 is 1.43 bits per heavy atom. The Morgan fingerprint density at radius 2 is 2.00 bits per heavy atom. The number of hydrogen-bond acceptors (Lipinski definition) is 2. The van der Waals surface area contributed by atoms with Crippen molar-refractivity contribution in [1.82, 2.24) is 0 Å². The average molecular weight is 267 g/mol. The monoisotopic (exact) mass is 266 g/mol. The number of benzene rings is 1. The molecule has 1 aromatic carbocycles. The van der Waals surface area contributed by atoms with E-state index in [4.69, 9.17) is 23.2 Å². The normalized spacial score (nSPS) is 10.7. The molecule has 0 atom stereocenters. The second kappa shape index (κ2) is 4.89. The van der Waals surface area contributed by atoms with Gasteiger partial charge in [-0.25, -0.2) is 0 Å². The molecule has 4 heteroatoms. The van der Waals surface area contributed by atoms with Crippen molar-refractivity contribution in [1.29, 1.82) is 5.26 Å². The minimum atomic E-state index is 0.121. The van der Waals surface area contributed by atoms with Crippen LogP contribution in [0.4, 0.5) is 0 Å². The second-order valence-electron chi connectivity index (χ2n) is 2.59. The number of halogens is 1. The Kier molecular flexibility index (Phi) is 3.81. The molecule has 1 rings (SSSR count). The van der Waals surface area contributed by atoms with Crippen molar-refractivity contribution in [2.75, 3.05) is 0 Å². The van der Waals surface area contributed by atoms with Gasteiger partial charge < -0.3 is 5.73 Å². The van der Waals surface area contributed by atoms with E-state index in [9.17, 15) is 0 Å². The minimum absolute atomic E-state index is 0.121. The summed E-state index contributed by atoms with van der Waals surface area (Å²) >= 11 is 8.04. The van der Waals surface area contributed by atoms with E-state index in [1.165, 1.54) is 0 Å². The molecule has 0 aromatic heterocycles. The van der Waals surface area contributed by atoms with Crippen molar-refractivity contribution >= 4 is 39.2 Å². The van der Waals surface area contributed by atoms with E-state index in [1.807, 2.05) is 30.3 Å². The SMILES string of the molecule is N#CC(=Cc1ccc(Br)cc1)C(N)=S. The van der Waals surface area contributed by atoms with Gasteiger partial charge in [-0.3, -0.25) is 0 Å². The third kappa shape index (κ3) is 2.95. The molecule has 0 bridgehead atoms. The molecule has 0 saturated carbocycles. The van der Waals surface area contributed by atoms with E-state index in [2.05, 4.69) is 15.9 Å². The average Bonchev–Trinajstić information content (AvgIpc) is 2.16. The molecule has 0 spiro atoms. The van der Waals surface area contributed by atoms with E-state index in [1.54, 1.807) is 6.08 Å². The number of nitrogens with zero attached hydrogens (tertiary/aromatic N) is 1. The fraction of sp³-hybridized carbons (Fsp3) is 0. The molecule has 1 aromatic rings. The van der Waals surface area contributed by atoms with E-state index in [0.29, 0.717) is 5.57 Å². The third-order valence-corrected chi connectivity index (χ3v) is 2.32. The zero-order chi connectivity index (χ0) is 10.6. The highest BCUT2D eigenvalue weighted by molar-refractivity contribution is 9.10. The molecule has 14 heavy (non-hydrogen) atoms. The lowest BCUT2D eigenvalue weighted by molar-refractivity contribution is 1.51. The predicted octanol–water partition coefficient (Wildman–Crippen LogP) is 2.64. The molecule has 0 fully saturated rings. The summed E-state index contributed by atoms with van der Waals surface area (Å²) < 4.78 is 0.989. The first-order valence-corrected chi connectivity index (χ1v) is 5.01. The van der Waals surface area contributed by atoms with Gasteiger partial charge in [-0.2, -0.15) is 5.26 Å². The summed E-state index contributed by atoms with van der Waals surface area (Å²) in [4.78, 5) is 0.121. The van der Waals surface area contributed by atoms with Crippen molar-refractivity contribution in [2.24, 2.45) is 5.73 Å². The molecule has 0 amide bonds. The maximum atomic E-state index is 8.72. The van der Waals surface area contributed by atoms with Crippen LogP contribution in [0.15, 0.2) is 34.3 Å². The third-order valence-electron chi connectivity index (χ3n) is 1.57. The largest absolute Gasteiger partial charge is 0.389 e. The fourth-order valence-electron chi connectivity index (χ4n) is 0.884. The Labute approximate surface area is 96.2 Å². The number of nitrogens with two attached hydrogens (primary N) is 1. The maximum Gasteiger partial charge on any atom is 0.114 e. The summed E-state index contributed by atoms with van der Waals surface area (Å²) in [5.41, 5.74) is 6.58. The standard InChI is InChI=1S/C10H7BrN2S/c11-9-3-1-7(2-4-9)5-8(6-12)10(13)14/h1-5H,(H2,13,14). The highest BCUT2D eigenvalue weighted by Gasteiger charge is 1.98. The zero-order valence-electron chi connectivity index (χ0n) is 7.20. The molecule has 0 aliphatic rings. The van der Waals surface area contributed by atoms with Gasteiger partial charge >= 0.3 is 0 Å². The van der Waals surface area contributed by atoms with Crippen LogP contribution in [0.5, 0.6) is 0 Å². The van der Waals surface area contributed by atoms with Crippen LogP contribution in [0.3, 0.4) is 0 Å². The molecule has 0 radical (unpaired) electrons. The van der Waals surface area contributed by atoms with Gasteiger partial charge in [0.15, 0.2) is 0 Å². The molecule has 0 aliphatic heterocycles. The second-order valence-corrected chi connectivity index (χ2v) is 3.94. The molecule has 2 nitrogen and oxygen atoms in total. The Morgan fingerprint density at radius 3 is 2.43 bits per heavy atom. The van der Waals surface area contributed by atoms with E-state index >= 15 is 0 Å². The summed E-state index contributed by atoms with van der Waals surface area (Å²) in [7, 11) is 0. The zero-order valence-corrected chi connectivity index (χ0v) is 9.60. The van der Waals surface area contributed by atoms with Gasteiger partial charge in [0.05, 0.1) is 5.57 Å². The Bertz CT molecular complexity index is 415. The quantitative estimate of drug-likeness (QED) is 0.509. The van der Waals surface area contributed by atoms with Crippen LogP contribution in [0.25, 0.3) is 6.08 Å². The van der Waals surface area contributed by atoms with Crippen molar-refractivity contribution in [2.45, 2.75) is 0 Å². The molecule has 0 aliphatic carbocycles. The Balaban J connectivity index is 3.03. The van der Waals surface area contributed by atoms with Crippen LogP contribution in [0, 0.1) is 11.3 Å². The van der Waals surface area contributed by atoms with Crippen molar-refractivity contribution < 1.29 is 0 Å². The molecule has 70 valence electrons. The lowest BCUT2D eigenvalue weighted by atomic mass is 10.1. The fourth-order valence-corrected chi connectivity index (χ4v) is 1.25. The number of nitriles is 1. The van der Waals surface area contributed by atoms with Crippen LogP contribution in [0.2, 0.25) is 0 Å². The van der Waals surface area contributed by atoms with E-state index in [0.717, 1.165) is 10.0 Å². The predicted molar refractivity (Wildman–Crippen MR) is 64.5 cm³/mol. The number of hydrogen-bond donors (Lipinski definition) is 1. The number of thiocarbonyl (C=S) groups is 1. The van der Waals surface area contributed by atoms with Crippen molar-refractivity contribution in [3.63, 3.8) is 0 Å². The summed E-state index contributed by atoms with van der Waals surface area (Å²) in [5.74, 6) is 0. The smallest absolute Gasteiger partial charge is 0.114 e. The first kappa shape index (κ1) is 10.9. The summed E-state index contributed by atoms with van der Waals surface area (Å²) in [6.07, 6.45) is 1.66. The van der Waals surface area contributed by atoms with Crippen LogP contribution < -0.4 is 5.73 Å². The van der Waals surface area contributed by atoms with Crippen LogP contribution >= 0.6 is 28.1 Å². The van der Waals surface area contributed by atoms with Gasteiger partial charge in [0, 0.05) is 4.47 Å². The van der Waals surface area contributed by atoms with Gasteiger partial charge in [0.25, 0.3) is 0 Å². The summed E-state index contributed by atoms with van der Waals surface area (Å²) in [5, 5.41) is 8.72. The topological polar surface area (TPSA) is 49.8 Å². The van der Waals surface area contributed by atoms with Crippen molar-refractivity contribution in [3.8, 4) is 6.07 Å². The molecule has 0 saturated heterocycles. The molecular weight excluding hydrogens is 260 g/mol. The van der Waals surface area contributed by atoms with Gasteiger partial charge in [-0.05, 0) is 23.8 Å². The highest BCUT2D eigenvalue weighted by Crippen LogP contribution is 2.13. The van der Waals surface area contributed by atoms with Crippen molar-refractivity contribution in [3.05, 3.63) is 39.9 Å².